The minimum absolute atomic E-state index is 0.0601. The third-order valence-electron chi connectivity index (χ3n) is 2.33. The van der Waals surface area contributed by atoms with Gasteiger partial charge >= 0.3 is 0 Å². The molecule has 1 amide bonds. The van der Waals surface area contributed by atoms with Gasteiger partial charge in [-0.15, -0.1) is 0 Å². The maximum Gasteiger partial charge on any atom is 0.262 e. The van der Waals surface area contributed by atoms with Gasteiger partial charge < -0.3 is 10.1 Å². The van der Waals surface area contributed by atoms with Crippen LogP contribution in [-0.4, -0.2) is 22.5 Å². The summed E-state index contributed by atoms with van der Waals surface area (Å²) in [4.78, 5) is 19.4. The zero-order valence-corrected chi connectivity index (χ0v) is 11.3. The molecule has 0 atom stereocenters. The Kier molecular flexibility index (Phi) is 4.47. The summed E-state index contributed by atoms with van der Waals surface area (Å²) >= 11 is 5.61. The third-order valence-corrected chi connectivity index (χ3v) is 2.62. The average Bonchev–Trinajstić information content (AvgIpc) is 2.41. The van der Waals surface area contributed by atoms with Crippen LogP contribution in [0, 0.1) is 12.7 Å². The summed E-state index contributed by atoms with van der Waals surface area (Å²) in [5.41, 5.74) is 1.13. The molecule has 0 aliphatic carbocycles. The van der Waals surface area contributed by atoms with E-state index in [1.165, 1.54) is 24.5 Å². The highest BCUT2D eigenvalue weighted by atomic mass is 35.5. The molecule has 0 aliphatic heterocycles. The van der Waals surface area contributed by atoms with Gasteiger partial charge in [-0.2, -0.15) is 0 Å². The number of aromatic nitrogens is 2. The molecular weight excluding hydrogens is 285 g/mol. The molecule has 104 valence electrons. The lowest BCUT2D eigenvalue weighted by atomic mass is 10.3. The molecule has 0 saturated carbocycles. The second-order valence-corrected chi connectivity index (χ2v) is 4.37. The highest BCUT2D eigenvalue weighted by Gasteiger charge is 2.07. The number of amides is 1. The predicted molar refractivity (Wildman–Crippen MR) is 72.3 cm³/mol. The summed E-state index contributed by atoms with van der Waals surface area (Å²) in [6.45, 7) is 1.57. The Morgan fingerprint density at radius 2 is 2.20 bits per heavy atom. The molecule has 1 aromatic carbocycles. The summed E-state index contributed by atoms with van der Waals surface area (Å²) in [5.74, 6) is -0.633. The van der Waals surface area contributed by atoms with Crippen molar-refractivity contribution in [1.82, 2.24) is 9.97 Å². The van der Waals surface area contributed by atoms with E-state index in [0.717, 1.165) is 5.69 Å². The molecule has 2 aromatic rings. The number of nitrogens with one attached hydrogen (secondary N) is 1. The Morgan fingerprint density at radius 3 is 2.90 bits per heavy atom. The van der Waals surface area contributed by atoms with E-state index in [9.17, 15) is 9.18 Å². The van der Waals surface area contributed by atoms with Crippen LogP contribution < -0.4 is 10.1 Å². The summed E-state index contributed by atoms with van der Waals surface area (Å²) in [7, 11) is 0. The largest absolute Gasteiger partial charge is 0.467 e. The Morgan fingerprint density at radius 1 is 1.40 bits per heavy atom. The van der Waals surface area contributed by atoms with Crippen LogP contribution in [0.3, 0.4) is 0 Å². The maximum atomic E-state index is 13.0. The van der Waals surface area contributed by atoms with E-state index in [1.54, 1.807) is 13.0 Å². The van der Waals surface area contributed by atoms with Crippen LogP contribution >= 0.6 is 11.6 Å². The summed E-state index contributed by atoms with van der Waals surface area (Å²) in [5, 5.41) is 2.48. The molecule has 7 heteroatoms. The van der Waals surface area contributed by atoms with Crippen molar-refractivity contribution < 1.29 is 13.9 Å². The fourth-order valence-electron chi connectivity index (χ4n) is 1.42. The predicted octanol–water partition coefficient (Wildman–Crippen LogP) is 2.60. The van der Waals surface area contributed by atoms with Gasteiger partial charge in [0.2, 0.25) is 5.88 Å². The molecule has 0 bridgehead atoms. The van der Waals surface area contributed by atoms with Gasteiger partial charge in [-0.3, -0.25) is 4.79 Å². The SMILES string of the molecule is Cc1cc(OCC(=O)Nc2ccc(F)c(Cl)c2)ncn1. The molecule has 2 rings (SSSR count). The number of hydrogen-bond donors (Lipinski definition) is 1. The minimum atomic E-state index is -0.544. The van der Waals surface area contributed by atoms with Gasteiger partial charge in [0.05, 0.1) is 5.02 Å². The fourth-order valence-corrected chi connectivity index (χ4v) is 1.60. The molecule has 0 unspecified atom stereocenters. The average molecular weight is 296 g/mol. The smallest absolute Gasteiger partial charge is 0.262 e. The summed E-state index contributed by atoms with van der Waals surface area (Å²) in [6, 6.07) is 5.52. The molecule has 1 aromatic heterocycles. The second-order valence-electron chi connectivity index (χ2n) is 3.96. The molecule has 1 heterocycles. The molecule has 5 nitrogen and oxygen atoms in total. The number of rotatable bonds is 4. The lowest BCUT2D eigenvalue weighted by molar-refractivity contribution is -0.118. The summed E-state index contributed by atoms with van der Waals surface area (Å²) in [6.07, 6.45) is 1.35. The van der Waals surface area contributed by atoms with Gasteiger partial charge in [-0.05, 0) is 25.1 Å². The Labute approximate surface area is 119 Å². The highest BCUT2D eigenvalue weighted by molar-refractivity contribution is 6.31. The van der Waals surface area contributed by atoms with E-state index in [4.69, 9.17) is 16.3 Å². The van der Waals surface area contributed by atoms with E-state index in [-0.39, 0.29) is 11.6 Å². The normalized spacial score (nSPS) is 10.2. The van der Waals surface area contributed by atoms with Crippen LogP contribution in [0.5, 0.6) is 5.88 Å². The van der Waals surface area contributed by atoms with E-state index in [1.807, 2.05) is 0 Å². The number of nitrogens with zero attached hydrogens (tertiary/aromatic N) is 2. The molecule has 1 N–H and O–H groups in total. The Balaban J connectivity index is 1.91. The van der Waals surface area contributed by atoms with Gasteiger partial charge in [-0.1, -0.05) is 11.6 Å². The van der Waals surface area contributed by atoms with Gasteiger partial charge in [0.15, 0.2) is 6.61 Å². The first-order valence-corrected chi connectivity index (χ1v) is 6.09. The van der Waals surface area contributed by atoms with E-state index in [2.05, 4.69) is 15.3 Å². The number of ether oxygens (including phenoxy) is 1. The lowest BCUT2D eigenvalue weighted by Gasteiger charge is -2.07. The van der Waals surface area contributed by atoms with Crippen molar-refractivity contribution in [2.75, 3.05) is 11.9 Å². The number of anilines is 1. The number of carbonyl (C=O) groups is 1. The molecule has 0 fully saturated rings. The first kappa shape index (κ1) is 14.2. The topological polar surface area (TPSA) is 64.1 Å². The summed E-state index contributed by atoms with van der Waals surface area (Å²) < 4.78 is 18.2. The molecule has 0 saturated heterocycles. The van der Waals surface area contributed by atoms with Crippen molar-refractivity contribution in [2.24, 2.45) is 0 Å². The van der Waals surface area contributed by atoms with Gasteiger partial charge in [0.1, 0.15) is 12.1 Å². The maximum absolute atomic E-state index is 13.0. The molecular formula is C13H11ClFN3O2. The van der Waals surface area contributed by atoms with Crippen molar-refractivity contribution in [3.05, 3.63) is 47.1 Å². The number of aryl methyl sites for hydroxylation is 1. The van der Waals surface area contributed by atoms with Crippen molar-refractivity contribution >= 4 is 23.2 Å². The standard InChI is InChI=1S/C13H11ClFN3O2/c1-8-4-13(17-7-16-8)20-6-12(19)18-9-2-3-11(15)10(14)5-9/h2-5,7H,6H2,1H3,(H,18,19). The molecule has 20 heavy (non-hydrogen) atoms. The van der Waals surface area contributed by atoms with Crippen LogP contribution in [0.2, 0.25) is 5.02 Å². The number of benzene rings is 1. The van der Waals surface area contributed by atoms with Crippen LogP contribution in [0.25, 0.3) is 0 Å². The van der Waals surface area contributed by atoms with Crippen LogP contribution in [0.1, 0.15) is 5.69 Å². The minimum Gasteiger partial charge on any atom is -0.467 e. The lowest BCUT2D eigenvalue weighted by Crippen LogP contribution is -2.20. The third kappa shape index (κ3) is 3.89. The first-order valence-electron chi connectivity index (χ1n) is 5.71. The van der Waals surface area contributed by atoms with Crippen LogP contribution in [-0.2, 0) is 4.79 Å². The van der Waals surface area contributed by atoms with E-state index >= 15 is 0 Å². The van der Waals surface area contributed by atoms with Gasteiger partial charge in [0.25, 0.3) is 5.91 Å². The zero-order valence-electron chi connectivity index (χ0n) is 10.6. The molecule has 0 aliphatic rings. The van der Waals surface area contributed by atoms with Crippen molar-refractivity contribution in [1.29, 1.82) is 0 Å². The van der Waals surface area contributed by atoms with E-state index < -0.39 is 11.7 Å². The molecule has 0 spiro atoms. The Hall–Kier alpha value is -2.21. The second kappa shape index (κ2) is 6.29. The number of hydrogen-bond acceptors (Lipinski definition) is 4. The highest BCUT2D eigenvalue weighted by Crippen LogP contribution is 2.19. The van der Waals surface area contributed by atoms with Crippen LogP contribution in [0.15, 0.2) is 30.6 Å². The first-order chi connectivity index (χ1) is 9.54. The zero-order chi connectivity index (χ0) is 14.5. The van der Waals surface area contributed by atoms with E-state index in [0.29, 0.717) is 11.6 Å². The monoisotopic (exact) mass is 295 g/mol. The fraction of sp³-hybridized carbons (Fsp3) is 0.154. The van der Waals surface area contributed by atoms with Gasteiger partial charge in [-0.25, -0.2) is 14.4 Å². The van der Waals surface area contributed by atoms with Gasteiger partial charge in [0, 0.05) is 17.4 Å². The van der Waals surface area contributed by atoms with Crippen molar-refractivity contribution in [3.8, 4) is 5.88 Å². The van der Waals surface area contributed by atoms with Crippen molar-refractivity contribution in [3.63, 3.8) is 0 Å². The Bertz CT molecular complexity index is 637. The van der Waals surface area contributed by atoms with Crippen LogP contribution in [0.4, 0.5) is 10.1 Å². The van der Waals surface area contributed by atoms with Crippen molar-refractivity contribution in [2.45, 2.75) is 6.92 Å². The quantitative estimate of drug-likeness (QED) is 0.941. The molecule has 0 radical (unpaired) electrons. The number of halogens is 2. The number of carbonyl (C=O) groups excluding carboxylic acids is 1.